The van der Waals surface area contributed by atoms with Gasteiger partial charge in [-0.25, -0.2) is 0 Å². The zero-order chi connectivity index (χ0) is 28.3. The highest BCUT2D eigenvalue weighted by molar-refractivity contribution is 6.35. The van der Waals surface area contributed by atoms with Crippen LogP contribution < -0.4 is 9.64 Å². The standard InChI is InChI=1S/C30H32Cl2N2O6/c1-30(25-9-4-21(31)17-26(25)32)39-19-24(40-30)18-38-23-7-5-22(6-8-23)33-12-14-34(15-13-33)29(37)11-3-20-2-10-27(35)28(36)16-20/h2,4-10,16-17,24,35-36H,3,11-15,18-19H2,1H3/t24-,30+/m1/s1. The summed E-state index contributed by atoms with van der Waals surface area (Å²) < 4.78 is 18.1. The summed E-state index contributed by atoms with van der Waals surface area (Å²) in [4.78, 5) is 16.8. The van der Waals surface area contributed by atoms with Gasteiger partial charge in [0, 0.05) is 48.9 Å². The number of ether oxygens (including phenoxy) is 3. The fourth-order valence-corrected chi connectivity index (χ4v) is 5.59. The normalized spacial score (nSPS) is 21.0. The van der Waals surface area contributed by atoms with Gasteiger partial charge in [-0.05, 0) is 67.4 Å². The van der Waals surface area contributed by atoms with Crippen LogP contribution in [0.4, 0.5) is 5.69 Å². The van der Waals surface area contributed by atoms with Crippen molar-refractivity contribution in [3.8, 4) is 17.2 Å². The molecule has 2 aliphatic rings. The van der Waals surface area contributed by atoms with E-state index in [-0.39, 0.29) is 23.5 Å². The zero-order valence-corrected chi connectivity index (χ0v) is 23.7. The molecule has 0 radical (unpaired) electrons. The second-order valence-corrected chi connectivity index (χ2v) is 11.0. The summed E-state index contributed by atoms with van der Waals surface area (Å²) in [5.41, 5.74) is 2.62. The number of anilines is 1. The summed E-state index contributed by atoms with van der Waals surface area (Å²) in [6.07, 6.45) is 0.625. The Morgan fingerprint density at radius 3 is 2.45 bits per heavy atom. The van der Waals surface area contributed by atoms with E-state index in [9.17, 15) is 15.0 Å². The fourth-order valence-electron chi connectivity index (χ4n) is 5.01. The van der Waals surface area contributed by atoms with Gasteiger partial charge in [-0.1, -0.05) is 35.3 Å². The summed E-state index contributed by atoms with van der Waals surface area (Å²) in [6, 6.07) is 17.8. The van der Waals surface area contributed by atoms with E-state index in [0.29, 0.717) is 49.2 Å². The predicted octanol–water partition coefficient (Wildman–Crippen LogP) is 5.35. The van der Waals surface area contributed by atoms with Gasteiger partial charge in [0.05, 0.1) is 11.6 Å². The number of hydrogen-bond donors (Lipinski definition) is 2. The number of halogens is 2. The van der Waals surface area contributed by atoms with Crippen LogP contribution in [-0.4, -0.2) is 66.5 Å². The average molecular weight is 588 g/mol. The van der Waals surface area contributed by atoms with E-state index >= 15 is 0 Å². The molecule has 3 aromatic rings. The zero-order valence-electron chi connectivity index (χ0n) is 22.2. The van der Waals surface area contributed by atoms with Gasteiger partial charge in [0.1, 0.15) is 18.5 Å². The number of carbonyl (C=O) groups is 1. The molecule has 2 fully saturated rings. The quantitative estimate of drug-likeness (QED) is 0.344. The number of amides is 1. The van der Waals surface area contributed by atoms with E-state index in [2.05, 4.69) is 4.90 Å². The molecule has 5 rings (SSSR count). The smallest absolute Gasteiger partial charge is 0.223 e. The molecule has 10 heteroatoms. The van der Waals surface area contributed by atoms with Crippen LogP contribution in [0.2, 0.25) is 10.0 Å². The van der Waals surface area contributed by atoms with Gasteiger partial charge < -0.3 is 34.2 Å². The van der Waals surface area contributed by atoms with Crippen LogP contribution >= 0.6 is 23.2 Å². The number of aryl methyl sites for hydroxylation is 1. The average Bonchev–Trinajstić information content (AvgIpc) is 3.34. The lowest BCUT2D eigenvalue weighted by Crippen LogP contribution is -2.48. The number of piperazine rings is 1. The van der Waals surface area contributed by atoms with Crippen molar-refractivity contribution >= 4 is 34.8 Å². The number of benzene rings is 3. The molecule has 0 bridgehead atoms. The van der Waals surface area contributed by atoms with Gasteiger partial charge >= 0.3 is 0 Å². The van der Waals surface area contributed by atoms with Gasteiger partial charge in [-0.3, -0.25) is 4.79 Å². The summed E-state index contributed by atoms with van der Waals surface area (Å²) in [7, 11) is 0. The van der Waals surface area contributed by atoms with E-state index in [1.807, 2.05) is 42.2 Å². The summed E-state index contributed by atoms with van der Waals surface area (Å²) in [5, 5.41) is 20.1. The molecular weight excluding hydrogens is 555 g/mol. The summed E-state index contributed by atoms with van der Waals surface area (Å²) in [6.45, 7) is 5.33. The second-order valence-electron chi connectivity index (χ2n) is 10.1. The molecule has 2 heterocycles. The van der Waals surface area contributed by atoms with Gasteiger partial charge in [-0.2, -0.15) is 0 Å². The van der Waals surface area contributed by atoms with Crippen LogP contribution in [0.5, 0.6) is 17.2 Å². The Bertz CT molecular complexity index is 1350. The first-order chi connectivity index (χ1) is 19.2. The molecule has 2 aliphatic heterocycles. The maximum absolute atomic E-state index is 12.7. The van der Waals surface area contributed by atoms with Crippen LogP contribution in [0, 0.1) is 0 Å². The number of carbonyl (C=O) groups excluding carboxylic acids is 1. The third-order valence-electron chi connectivity index (χ3n) is 7.29. The number of aromatic hydroxyl groups is 2. The lowest BCUT2D eigenvalue weighted by molar-refractivity contribution is -0.164. The second kappa shape index (κ2) is 12.1. The number of phenolic OH excluding ortho intramolecular Hbond substituents is 2. The molecule has 0 saturated carbocycles. The molecule has 0 aliphatic carbocycles. The monoisotopic (exact) mass is 586 g/mol. The van der Waals surface area contributed by atoms with Crippen LogP contribution in [0.25, 0.3) is 0 Å². The Balaban J connectivity index is 1.06. The number of nitrogens with zero attached hydrogens (tertiary/aromatic N) is 2. The topological polar surface area (TPSA) is 91.7 Å². The van der Waals surface area contributed by atoms with Crippen LogP contribution in [0.3, 0.4) is 0 Å². The van der Waals surface area contributed by atoms with Gasteiger partial charge in [0.2, 0.25) is 5.91 Å². The molecule has 3 aromatic carbocycles. The molecule has 40 heavy (non-hydrogen) atoms. The lowest BCUT2D eigenvalue weighted by atomic mass is 10.1. The maximum atomic E-state index is 12.7. The third-order valence-corrected chi connectivity index (χ3v) is 7.84. The minimum Gasteiger partial charge on any atom is -0.504 e. The van der Waals surface area contributed by atoms with E-state index in [1.54, 1.807) is 18.2 Å². The van der Waals surface area contributed by atoms with Crippen LogP contribution in [0.1, 0.15) is 24.5 Å². The SMILES string of the molecule is C[C@]1(c2ccc(Cl)cc2Cl)OC[C@@H](COc2ccc(N3CCN(C(=O)CCc4ccc(O)c(O)c4)CC3)cc2)O1. The van der Waals surface area contributed by atoms with Crippen molar-refractivity contribution in [2.75, 3.05) is 44.3 Å². The molecule has 0 aromatic heterocycles. The van der Waals surface area contributed by atoms with Crippen molar-refractivity contribution in [1.29, 1.82) is 0 Å². The summed E-state index contributed by atoms with van der Waals surface area (Å²) in [5.74, 6) is -0.467. The van der Waals surface area contributed by atoms with Crippen molar-refractivity contribution in [3.63, 3.8) is 0 Å². The first-order valence-electron chi connectivity index (χ1n) is 13.2. The Morgan fingerprint density at radius 2 is 1.75 bits per heavy atom. The Labute approximate surface area is 243 Å². The summed E-state index contributed by atoms with van der Waals surface area (Å²) >= 11 is 12.4. The fraction of sp³-hybridized carbons (Fsp3) is 0.367. The highest BCUT2D eigenvalue weighted by Crippen LogP contribution is 2.38. The largest absolute Gasteiger partial charge is 0.504 e. The van der Waals surface area contributed by atoms with E-state index in [0.717, 1.165) is 35.7 Å². The predicted molar refractivity (Wildman–Crippen MR) is 153 cm³/mol. The Morgan fingerprint density at radius 1 is 1.00 bits per heavy atom. The molecule has 0 unspecified atom stereocenters. The van der Waals surface area contributed by atoms with Crippen molar-refractivity contribution in [3.05, 3.63) is 81.8 Å². The first kappa shape index (κ1) is 28.4. The molecule has 2 N–H and O–H groups in total. The molecule has 212 valence electrons. The highest BCUT2D eigenvalue weighted by Gasteiger charge is 2.40. The van der Waals surface area contributed by atoms with Crippen LogP contribution in [0.15, 0.2) is 60.7 Å². The molecule has 2 atom stereocenters. The number of rotatable bonds is 8. The van der Waals surface area contributed by atoms with Crippen molar-refractivity contribution < 1.29 is 29.2 Å². The molecule has 2 saturated heterocycles. The maximum Gasteiger partial charge on any atom is 0.223 e. The van der Waals surface area contributed by atoms with Crippen molar-refractivity contribution in [1.82, 2.24) is 4.90 Å². The van der Waals surface area contributed by atoms with Gasteiger partial charge in [0.15, 0.2) is 17.3 Å². The Hall–Kier alpha value is -3.17. The van der Waals surface area contributed by atoms with E-state index in [1.165, 1.54) is 12.1 Å². The van der Waals surface area contributed by atoms with Gasteiger partial charge in [0.25, 0.3) is 0 Å². The molecule has 1 amide bonds. The van der Waals surface area contributed by atoms with E-state index in [4.69, 9.17) is 37.4 Å². The number of hydrogen-bond acceptors (Lipinski definition) is 7. The van der Waals surface area contributed by atoms with Crippen LogP contribution in [-0.2, 0) is 26.5 Å². The van der Waals surface area contributed by atoms with E-state index < -0.39 is 5.79 Å². The van der Waals surface area contributed by atoms with Crippen molar-refractivity contribution in [2.24, 2.45) is 0 Å². The molecular formula is C30H32Cl2N2O6. The minimum absolute atomic E-state index is 0.0866. The minimum atomic E-state index is -0.961. The Kier molecular flexibility index (Phi) is 8.61. The van der Waals surface area contributed by atoms with Crippen molar-refractivity contribution in [2.45, 2.75) is 31.7 Å². The molecule has 0 spiro atoms. The lowest BCUT2D eigenvalue weighted by Gasteiger charge is -2.36. The first-order valence-corrected chi connectivity index (χ1v) is 14.0. The third kappa shape index (κ3) is 6.58. The highest BCUT2D eigenvalue weighted by atomic mass is 35.5. The number of phenols is 2. The molecule has 8 nitrogen and oxygen atoms in total. The van der Waals surface area contributed by atoms with Gasteiger partial charge in [-0.15, -0.1) is 0 Å².